The van der Waals surface area contributed by atoms with E-state index in [9.17, 15) is 22.8 Å². The van der Waals surface area contributed by atoms with Crippen LogP contribution in [0.25, 0.3) is 0 Å². The molecule has 176 valence electrons. The molecule has 0 atom stereocenters. The van der Waals surface area contributed by atoms with E-state index in [1.54, 1.807) is 24.3 Å². The van der Waals surface area contributed by atoms with Gasteiger partial charge in [0.15, 0.2) is 12.4 Å². The minimum Gasteiger partial charge on any atom is -0.454 e. The number of rotatable bonds is 7. The molecule has 0 spiro atoms. The van der Waals surface area contributed by atoms with Crippen molar-refractivity contribution < 1.29 is 27.5 Å². The first kappa shape index (κ1) is 24.2. The summed E-state index contributed by atoms with van der Waals surface area (Å²) in [5.41, 5.74) is 5.22. The van der Waals surface area contributed by atoms with Gasteiger partial charge in [-0.1, -0.05) is 23.7 Å². The predicted molar refractivity (Wildman–Crippen MR) is 114 cm³/mol. The fourth-order valence-electron chi connectivity index (χ4n) is 2.80. The third kappa shape index (κ3) is 6.09. The normalized spacial score (nSPS) is 14.1. The van der Waals surface area contributed by atoms with Gasteiger partial charge < -0.3 is 15.8 Å². The van der Waals surface area contributed by atoms with E-state index in [2.05, 4.69) is 25.1 Å². The molecule has 2 amide bonds. The largest absolute Gasteiger partial charge is 0.454 e. The molecular formula is C20H20ClF3N6O3. The van der Waals surface area contributed by atoms with Gasteiger partial charge in [0.25, 0.3) is 5.91 Å². The van der Waals surface area contributed by atoms with Crippen molar-refractivity contribution in [2.24, 2.45) is 10.8 Å². The number of carbonyl (C=O) groups is 2. The lowest BCUT2D eigenvalue weighted by Crippen LogP contribution is -2.53. The zero-order valence-corrected chi connectivity index (χ0v) is 18.4. The molecule has 0 bridgehead atoms. The average molecular weight is 485 g/mol. The lowest BCUT2D eigenvalue weighted by molar-refractivity contribution is -0.154. The van der Waals surface area contributed by atoms with Gasteiger partial charge in [-0.25, -0.2) is 9.99 Å². The van der Waals surface area contributed by atoms with E-state index in [0.717, 1.165) is 11.8 Å². The molecule has 1 aromatic heterocycles. The number of alkyl halides is 3. The molecule has 13 heteroatoms. The van der Waals surface area contributed by atoms with Gasteiger partial charge in [-0.05, 0) is 31.5 Å². The van der Waals surface area contributed by atoms with E-state index in [-0.39, 0.29) is 17.9 Å². The molecule has 2 heterocycles. The summed E-state index contributed by atoms with van der Waals surface area (Å²) >= 11 is 5.91. The topological polar surface area (TPSA) is 123 Å². The molecule has 1 aliphatic rings. The van der Waals surface area contributed by atoms with Crippen LogP contribution in [-0.2, 0) is 4.79 Å². The van der Waals surface area contributed by atoms with E-state index in [1.807, 2.05) is 0 Å². The van der Waals surface area contributed by atoms with Crippen LogP contribution >= 0.6 is 11.6 Å². The summed E-state index contributed by atoms with van der Waals surface area (Å²) < 4.78 is 42.3. The van der Waals surface area contributed by atoms with Crippen LogP contribution in [0.15, 0.2) is 35.6 Å². The van der Waals surface area contributed by atoms with Crippen LogP contribution in [0.2, 0.25) is 5.02 Å². The van der Waals surface area contributed by atoms with Crippen molar-refractivity contribution in [3.63, 3.8) is 0 Å². The van der Waals surface area contributed by atoms with Gasteiger partial charge >= 0.3 is 12.2 Å². The van der Waals surface area contributed by atoms with Crippen LogP contribution in [0.3, 0.4) is 0 Å². The quantitative estimate of drug-likeness (QED) is 0.623. The molecule has 0 fully saturated rings. The van der Waals surface area contributed by atoms with Crippen molar-refractivity contribution in [1.29, 1.82) is 0 Å². The molecule has 3 rings (SSSR count). The standard InChI is InChI=1S/C20H20ClF3N6O3/c1-19(2,17(25)32)28-16(31)13-9-26-18(33-10-20(22,23)24)27-15(13)30-8-7-14(29-30)11-3-5-12(21)6-4-11/h3-6,9H,7-8,10H2,1-2H3,(H2,25,32)(H,28,31). The Balaban J connectivity index is 1.96. The van der Waals surface area contributed by atoms with Crippen molar-refractivity contribution in [1.82, 2.24) is 15.3 Å². The third-order valence-electron chi connectivity index (χ3n) is 4.62. The molecule has 1 aliphatic heterocycles. The maximum atomic E-state index is 12.9. The summed E-state index contributed by atoms with van der Waals surface area (Å²) in [4.78, 5) is 32.1. The lowest BCUT2D eigenvalue weighted by atomic mass is 10.0. The lowest BCUT2D eigenvalue weighted by Gasteiger charge is -2.23. The molecule has 0 saturated heterocycles. The van der Waals surface area contributed by atoms with Crippen LogP contribution in [0, 0.1) is 0 Å². The number of hydrogen-bond donors (Lipinski definition) is 2. The van der Waals surface area contributed by atoms with Crippen LogP contribution in [0.4, 0.5) is 19.0 Å². The van der Waals surface area contributed by atoms with Gasteiger partial charge in [0.2, 0.25) is 5.91 Å². The number of ether oxygens (including phenoxy) is 1. The van der Waals surface area contributed by atoms with E-state index in [1.165, 1.54) is 18.9 Å². The molecule has 0 unspecified atom stereocenters. The molecule has 0 radical (unpaired) electrons. The van der Waals surface area contributed by atoms with E-state index >= 15 is 0 Å². The number of hydrogen-bond acceptors (Lipinski definition) is 7. The highest BCUT2D eigenvalue weighted by molar-refractivity contribution is 6.30. The highest BCUT2D eigenvalue weighted by Gasteiger charge is 2.32. The first-order chi connectivity index (χ1) is 15.4. The second-order valence-electron chi connectivity index (χ2n) is 7.66. The zero-order valence-electron chi connectivity index (χ0n) is 17.6. The number of nitrogens with two attached hydrogens (primary N) is 1. The van der Waals surface area contributed by atoms with Gasteiger partial charge in [0.05, 0.1) is 5.71 Å². The maximum Gasteiger partial charge on any atom is 0.422 e. The molecule has 0 saturated carbocycles. The molecule has 2 aromatic rings. The Morgan fingerprint density at radius 2 is 1.91 bits per heavy atom. The van der Waals surface area contributed by atoms with Crippen LogP contribution in [0.5, 0.6) is 6.01 Å². The van der Waals surface area contributed by atoms with E-state index in [0.29, 0.717) is 17.2 Å². The summed E-state index contributed by atoms with van der Waals surface area (Å²) in [6.07, 6.45) is -3.12. The number of nitrogens with zero attached hydrogens (tertiary/aromatic N) is 4. The van der Waals surface area contributed by atoms with Gasteiger partial charge in [0.1, 0.15) is 11.1 Å². The Morgan fingerprint density at radius 3 is 2.52 bits per heavy atom. The van der Waals surface area contributed by atoms with Crippen LogP contribution < -0.4 is 20.8 Å². The number of amides is 2. The SMILES string of the molecule is CC(C)(NC(=O)c1cnc(OCC(F)(F)F)nc1N1CCC(c2ccc(Cl)cc2)=N1)C(N)=O. The number of benzene rings is 1. The highest BCUT2D eigenvalue weighted by Crippen LogP contribution is 2.27. The fraction of sp³-hybridized carbons (Fsp3) is 0.350. The summed E-state index contributed by atoms with van der Waals surface area (Å²) in [7, 11) is 0. The van der Waals surface area contributed by atoms with Crippen molar-refractivity contribution in [3.05, 3.63) is 46.6 Å². The Morgan fingerprint density at radius 1 is 1.24 bits per heavy atom. The fourth-order valence-corrected chi connectivity index (χ4v) is 2.92. The minimum absolute atomic E-state index is 0.0797. The molecular weight excluding hydrogens is 465 g/mol. The Labute approximate surface area is 191 Å². The molecule has 33 heavy (non-hydrogen) atoms. The molecule has 1 aromatic carbocycles. The maximum absolute atomic E-state index is 12.9. The first-order valence-corrected chi connectivity index (χ1v) is 10.0. The number of hydrazone groups is 1. The second kappa shape index (κ2) is 9.22. The molecule has 9 nitrogen and oxygen atoms in total. The highest BCUT2D eigenvalue weighted by atomic mass is 35.5. The van der Waals surface area contributed by atoms with Crippen LogP contribution in [-0.4, -0.2) is 52.4 Å². The number of primary amides is 1. The van der Waals surface area contributed by atoms with Crippen molar-refractivity contribution in [2.45, 2.75) is 32.0 Å². The second-order valence-corrected chi connectivity index (χ2v) is 8.10. The van der Waals surface area contributed by atoms with Gasteiger partial charge in [-0.3, -0.25) is 9.59 Å². The van der Waals surface area contributed by atoms with E-state index < -0.39 is 36.1 Å². The Hall–Kier alpha value is -3.41. The summed E-state index contributed by atoms with van der Waals surface area (Å²) in [5.74, 6) is -1.62. The monoisotopic (exact) mass is 484 g/mol. The van der Waals surface area contributed by atoms with Gasteiger partial charge in [-0.15, -0.1) is 0 Å². The molecule has 3 N–H and O–H groups in total. The smallest absolute Gasteiger partial charge is 0.422 e. The van der Waals surface area contributed by atoms with Crippen molar-refractivity contribution in [2.75, 3.05) is 18.2 Å². The van der Waals surface area contributed by atoms with Gasteiger partial charge in [0, 0.05) is 24.2 Å². The number of halogens is 4. The predicted octanol–water partition coefficient (Wildman–Crippen LogP) is 2.68. The Kier molecular flexibility index (Phi) is 6.77. The number of nitrogens with one attached hydrogen (secondary N) is 1. The van der Waals surface area contributed by atoms with Crippen LogP contribution in [0.1, 0.15) is 36.2 Å². The van der Waals surface area contributed by atoms with Crippen molar-refractivity contribution in [3.8, 4) is 6.01 Å². The number of carbonyl (C=O) groups excluding carboxylic acids is 2. The number of anilines is 1. The molecule has 0 aliphatic carbocycles. The van der Waals surface area contributed by atoms with E-state index in [4.69, 9.17) is 17.3 Å². The van der Waals surface area contributed by atoms with Gasteiger partial charge in [-0.2, -0.15) is 23.3 Å². The summed E-state index contributed by atoms with van der Waals surface area (Å²) in [6, 6.07) is 6.35. The first-order valence-electron chi connectivity index (χ1n) is 9.66. The third-order valence-corrected chi connectivity index (χ3v) is 4.87. The van der Waals surface area contributed by atoms with Crippen molar-refractivity contribution >= 4 is 34.9 Å². The minimum atomic E-state index is -4.60. The zero-order chi connectivity index (χ0) is 24.4. The summed E-state index contributed by atoms with van der Waals surface area (Å²) in [5, 5.41) is 8.81. The summed E-state index contributed by atoms with van der Waals surface area (Å²) in [6.45, 7) is 1.49. The number of aromatic nitrogens is 2. The average Bonchev–Trinajstić information content (AvgIpc) is 3.21. The Bertz CT molecular complexity index is 1090.